The zero-order chi connectivity index (χ0) is 19.7. The van der Waals surface area contributed by atoms with Crippen LogP contribution in [-0.4, -0.2) is 30.8 Å². The predicted octanol–water partition coefficient (Wildman–Crippen LogP) is 3.94. The maximum atomic E-state index is 13.1. The number of benzene rings is 1. The highest BCUT2D eigenvalue weighted by atomic mass is 32.2. The quantitative estimate of drug-likeness (QED) is 0.773. The lowest BCUT2D eigenvalue weighted by atomic mass is 9.79. The van der Waals surface area contributed by atoms with E-state index in [-0.39, 0.29) is 17.0 Å². The first kappa shape index (κ1) is 19.1. The van der Waals surface area contributed by atoms with Crippen LogP contribution in [0.4, 0.5) is 0 Å². The first-order valence-electron chi connectivity index (χ1n) is 11.1. The first-order chi connectivity index (χ1) is 13.2. The van der Waals surface area contributed by atoms with Gasteiger partial charge in [0.1, 0.15) is 0 Å². The maximum Gasteiger partial charge on any atom is 0.280 e. The highest BCUT2D eigenvalue weighted by Crippen LogP contribution is 2.51. The van der Waals surface area contributed by atoms with Gasteiger partial charge in [0.25, 0.3) is 10.2 Å². The van der Waals surface area contributed by atoms with E-state index in [4.69, 9.17) is 0 Å². The van der Waals surface area contributed by atoms with Crippen molar-refractivity contribution in [2.75, 3.05) is 6.54 Å². The molecule has 28 heavy (non-hydrogen) atoms. The van der Waals surface area contributed by atoms with Gasteiger partial charge in [-0.15, -0.1) is 0 Å². The molecule has 1 aliphatic heterocycles. The molecular weight excluding hydrogens is 368 g/mol. The lowest BCUT2D eigenvalue weighted by molar-refractivity contribution is 0.195. The zero-order valence-corrected chi connectivity index (χ0v) is 18.3. The Labute approximate surface area is 170 Å². The second-order valence-corrected chi connectivity index (χ2v) is 12.4. The molecule has 3 atom stereocenters. The molecule has 2 saturated carbocycles. The third-order valence-corrected chi connectivity index (χ3v) is 9.79. The number of hydrogen-bond donors (Lipinski definition) is 1. The molecule has 3 aliphatic carbocycles. The van der Waals surface area contributed by atoms with E-state index in [0.29, 0.717) is 18.4 Å². The van der Waals surface area contributed by atoms with E-state index in [1.807, 2.05) is 4.31 Å². The number of rotatable bonds is 1. The van der Waals surface area contributed by atoms with Crippen LogP contribution in [0.3, 0.4) is 0 Å². The Kier molecular flexibility index (Phi) is 4.29. The molecule has 1 spiro atoms. The second-order valence-electron chi connectivity index (χ2n) is 10.7. The Bertz CT molecular complexity index is 882. The summed E-state index contributed by atoms with van der Waals surface area (Å²) in [6.07, 6.45) is 8.70. The summed E-state index contributed by atoms with van der Waals surface area (Å²) in [4.78, 5) is 0. The normalized spacial score (nSPS) is 35.4. The standard InChI is InChI=1S/C23H34N2O2S/c1-22(2,3)18-9-8-16-12-19-10-11-20(14-17(16)13-18)23(19)15-25(28(26,27)24-23)21-6-4-5-7-21/h8-9,13,19-21,24H,4-7,10-12,14-15H2,1-3H3. The van der Waals surface area contributed by atoms with Crippen LogP contribution < -0.4 is 4.72 Å². The molecule has 0 radical (unpaired) electrons. The molecule has 3 fully saturated rings. The Morgan fingerprint density at radius 1 is 1.00 bits per heavy atom. The van der Waals surface area contributed by atoms with Crippen molar-refractivity contribution in [1.29, 1.82) is 0 Å². The number of fused-ring (bicyclic) bond motifs is 1. The van der Waals surface area contributed by atoms with E-state index >= 15 is 0 Å². The monoisotopic (exact) mass is 402 g/mol. The molecular formula is C23H34N2O2S. The molecule has 1 heterocycles. The van der Waals surface area contributed by atoms with Gasteiger partial charge in [-0.2, -0.15) is 17.4 Å². The molecule has 154 valence electrons. The van der Waals surface area contributed by atoms with Crippen molar-refractivity contribution >= 4 is 10.2 Å². The van der Waals surface area contributed by atoms with E-state index < -0.39 is 10.2 Å². The van der Waals surface area contributed by atoms with Crippen LogP contribution in [0, 0.1) is 11.8 Å². The number of hydrogen-bond acceptors (Lipinski definition) is 2. The summed E-state index contributed by atoms with van der Waals surface area (Å²) in [5, 5.41) is 0. The molecule has 0 amide bonds. The highest BCUT2D eigenvalue weighted by molar-refractivity contribution is 7.87. The third kappa shape index (κ3) is 2.88. The second kappa shape index (κ2) is 6.29. The Balaban J connectivity index is 1.50. The fourth-order valence-corrected chi connectivity index (χ4v) is 8.43. The van der Waals surface area contributed by atoms with Crippen molar-refractivity contribution in [2.45, 2.75) is 89.1 Å². The average molecular weight is 403 g/mol. The number of nitrogens with zero attached hydrogens (tertiary/aromatic N) is 1. The highest BCUT2D eigenvalue weighted by Gasteiger charge is 2.60. The summed E-state index contributed by atoms with van der Waals surface area (Å²) in [5.41, 5.74) is 4.17. The van der Waals surface area contributed by atoms with Crippen LogP contribution in [0.25, 0.3) is 0 Å². The fraction of sp³-hybridized carbons (Fsp3) is 0.739. The average Bonchev–Trinajstić information content (AvgIpc) is 3.25. The Hall–Kier alpha value is -0.910. The molecule has 1 aromatic rings. The topological polar surface area (TPSA) is 49.4 Å². The minimum Gasteiger partial charge on any atom is -0.195 e. The van der Waals surface area contributed by atoms with Crippen LogP contribution in [-0.2, 0) is 28.5 Å². The lowest BCUT2D eigenvalue weighted by Crippen LogP contribution is -2.52. The third-order valence-electron chi connectivity index (χ3n) is 8.10. The van der Waals surface area contributed by atoms with Crippen LogP contribution in [0.2, 0.25) is 0 Å². The van der Waals surface area contributed by atoms with Gasteiger partial charge in [0.05, 0.1) is 5.54 Å². The molecule has 1 saturated heterocycles. The van der Waals surface area contributed by atoms with E-state index in [1.54, 1.807) is 0 Å². The van der Waals surface area contributed by atoms with Gasteiger partial charge in [-0.25, -0.2) is 0 Å². The molecule has 4 nitrogen and oxygen atoms in total. The van der Waals surface area contributed by atoms with Crippen molar-refractivity contribution in [3.63, 3.8) is 0 Å². The molecule has 1 N–H and O–H groups in total. The molecule has 3 unspecified atom stereocenters. The molecule has 4 aliphatic rings. The fourth-order valence-electron chi connectivity index (χ4n) is 6.45. The molecule has 5 rings (SSSR count). The van der Waals surface area contributed by atoms with Crippen LogP contribution in [0.5, 0.6) is 0 Å². The minimum absolute atomic E-state index is 0.145. The van der Waals surface area contributed by atoms with Gasteiger partial charge in [-0.1, -0.05) is 51.8 Å². The summed E-state index contributed by atoms with van der Waals surface area (Å²) >= 11 is 0. The largest absolute Gasteiger partial charge is 0.280 e. The van der Waals surface area contributed by atoms with E-state index in [9.17, 15) is 8.42 Å². The van der Waals surface area contributed by atoms with Crippen molar-refractivity contribution in [3.05, 3.63) is 34.9 Å². The van der Waals surface area contributed by atoms with Gasteiger partial charge < -0.3 is 0 Å². The van der Waals surface area contributed by atoms with Crippen molar-refractivity contribution in [2.24, 2.45) is 11.8 Å². The lowest BCUT2D eigenvalue weighted by Gasteiger charge is -2.34. The van der Waals surface area contributed by atoms with E-state index in [2.05, 4.69) is 43.7 Å². The van der Waals surface area contributed by atoms with Gasteiger partial charge in [0.2, 0.25) is 0 Å². The van der Waals surface area contributed by atoms with Crippen LogP contribution >= 0.6 is 0 Å². The summed E-state index contributed by atoms with van der Waals surface area (Å²) in [6, 6.07) is 7.23. The van der Waals surface area contributed by atoms with Crippen molar-refractivity contribution < 1.29 is 8.42 Å². The molecule has 1 aromatic carbocycles. The Morgan fingerprint density at radius 2 is 1.64 bits per heavy atom. The van der Waals surface area contributed by atoms with E-state index in [0.717, 1.165) is 51.4 Å². The summed E-state index contributed by atoms with van der Waals surface area (Å²) in [5.74, 6) is 0.829. The Morgan fingerprint density at radius 3 is 2.29 bits per heavy atom. The molecule has 5 heteroatoms. The summed E-state index contributed by atoms with van der Waals surface area (Å²) in [7, 11) is -3.36. The number of nitrogens with one attached hydrogen (secondary N) is 1. The van der Waals surface area contributed by atoms with Gasteiger partial charge in [0, 0.05) is 12.6 Å². The molecule has 2 bridgehead atoms. The van der Waals surface area contributed by atoms with Gasteiger partial charge in [-0.05, 0) is 72.5 Å². The summed E-state index contributed by atoms with van der Waals surface area (Å²) < 4.78 is 31.4. The van der Waals surface area contributed by atoms with Gasteiger partial charge in [-0.3, -0.25) is 0 Å². The maximum absolute atomic E-state index is 13.1. The SMILES string of the molecule is CC(C)(C)c1ccc2c(c1)CC1CCC(C2)C12CN(C1CCCC1)S(=O)(=O)N2. The van der Waals surface area contributed by atoms with Gasteiger partial charge >= 0.3 is 0 Å². The van der Waals surface area contributed by atoms with Crippen LogP contribution in [0.1, 0.15) is 76.0 Å². The van der Waals surface area contributed by atoms with Gasteiger partial charge in [0.15, 0.2) is 0 Å². The zero-order valence-electron chi connectivity index (χ0n) is 17.5. The van der Waals surface area contributed by atoms with Crippen molar-refractivity contribution in [3.8, 4) is 0 Å². The van der Waals surface area contributed by atoms with Crippen molar-refractivity contribution in [1.82, 2.24) is 9.03 Å². The first-order valence-corrected chi connectivity index (χ1v) is 12.6. The van der Waals surface area contributed by atoms with E-state index in [1.165, 1.54) is 16.7 Å². The predicted molar refractivity (Wildman–Crippen MR) is 113 cm³/mol. The summed E-state index contributed by atoms with van der Waals surface area (Å²) in [6.45, 7) is 7.49. The van der Waals surface area contributed by atoms with Crippen LogP contribution in [0.15, 0.2) is 18.2 Å². The molecule has 0 aromatic heterocycles. The minimum atomic E-state index is -3.36. The smallest absolute Gasteiger partial charge is 0.195 e.